The first-order valence-corrected chi connectivity index (χ1v) is 9.79. The number of halogens is 1. The molecule has 2 amide bonds. The zero-order chi connectivity index (χ0) is 19.5. The Morgan fingerprint density at radius 2 is 1.86 bits per heavy atom. The number of imidazole rings is 1. The van der Waals surface area contributed by atoms with Gasteiger partial charge in [0.25, 0.3) is 0 Å². The summed E-state index contributed by atoms with van der Waals surface area (Å²) < 4.78 is 15.3. The summed E-state index contributed by atoms with van der Waals surface area (Å²) in [6, 6.07) is 14.4. The summed E-state index contributed by atoms with van der Waals surface area (Å²) in [5.41, 5.74) is 3.11. The Bertz CT molecular complexity index is 958. The van der Waals surface area contributed by atoms with E-state index >= 15 is 0 Å². The topological polar surface area (TPSA) is 50.2 Å². The van der Waals surface area contributed by atoms with Gasteiger partial charge in [0, 0.05) is 26.2 Å². The van der Waals surface area contributed by atoms with Crippen molar-refractivity contribution in [3.63, 3.8) is 0 Å². The van der Waals surface area contributed by atoms with Gasteiger partial charge in [-0.05, 0) is 55.5 Å². The molecule has 28 heavy (non-hydrogen) atoms. The number of nitrogens with one attached hydrogen (secondary N) is 1. The molecule has 3 aromatic rings. The highest BCUT2D eigenvalue weighted by Gasteiger charge is 2.23. The van der Waals surface area contributed by atoms with Crippen molar-refractivity contribution in [3.05, 3.63) is 65.7 Å². The molecule has 1 saturated heterocycles. The van der Waals surface area contributed by atoms with E-state index in [2.05, 4.69) is 27.9 Å². The van der Waals surface area contributed by atoms with Gasteiger partial charge in [0.15, 0.2) is 0 Å². The Kier molecular flexibility index (Phi) is 5.28. The zero-order valence-corrected chi connectivity index (χ0v) is 16.1. The van der Waals surface area contributed by atoms with Crippen molar-refractivity contribution < 1.29 is 9.18 Å². The van der Waals surface area contributed by atoms with Gasteiger partial charge in [0.2, 0.25) is 0 Å². The largest absolute Gasteiger partial charge is 0.334 e. The third kappa shape index (κ3) is 4.01. The second-order valence-corrected chi connectivity index (χ2v) is 7.47. The van der Waals surface area contributed by atoms with Crippen molar-refractivity contribution in [1.29, 1.82) is 0 Å². The number of benzene rings is 2. The van der Waals surface area contributed by atoms with E-state index in [-0.39, 0.29) is 11.8 Å². The van der Waals surface area contributed by atoms with Crippen molar-refractivity contribution in [1.82, 2.24) is 19.8 Å². The van der Waals surface area contributed by atoms with Crippen LogP contribution in [-0.2, 0) is 13.1 Å². The summed E-state index contributed by atoms with van der Waals surface area (Å²) >= 11 is 0. The number of carbonyl (C=O) groups excluding carboxylic acids is 1. The summed E-state index contributed by atoms with van der Waals surface area (Å²) in [6.45, 7) is 4.92. The first kappa shape index (κ1) is 18.5. The highest BCUT2D eigenvalue weighted by atomic mass is 19.1. The zero-order valence-electron chi connectivity index (χ0n) is 16.1. The fourth-order valence-corrected chi connectivity index (χ4v) is 3.89. The molecule has 0 unspecified atom stereocenters. The summed E-state index contributed by atoms with van der Waals surface area (Å²) in [6.07, 6.45) is 1.96. The highest BCUT2D eigenvalue weighted by molar-refractivity contribution is 5.76. The van der Waals surface area contributed by atoms with Gasteiger partial charge in [-0.1, -0.05) is 24.3 Å². The molecule has 0 radical (unpaired) electrons. The number of hydrogen-bond acceptors (Lipinski definition) is 2. The van der Waals surface area contributed by atoms with Gasteiger partial charge in [-0.15, -0.1) is 0 Å². The third-order valence-corrected chi connectivity index (χ3v) is 5.54. The molecule has 5 nitrogen and oxygen atoms in total. The molecule has 2 heterocycles. The van der Waals surface area contributed by atoms with E-state index in [1.54, 1.807) is 12.1 Å². The molecule has 6 heteroatoms. The highest BCUT2D eigenvalue weighted by Crippen LogP contribution is 2.23. The number of amides is 2. The van der Waals surface area contributed by atoms with E-state index in [0.29, 0.717) is 12.5 Å². The normalized spacial score (nSPS) is 15.1. The maximum absolute atomic E-state index is 13.0. The van der Waals surface area contributed by atoms with Crippen molar-refractivity contribution >= 4 is 17.1 Å². The molecule has 0 atom stereocenters. The summed E-state index contributed by atoms with van der Waals surface area (Å²) in [5.74, 6) is 1.32. The Balaban J connectivity index is 1.30. The second-order valence-electron chi connectivity index (χ2n) is 7.47. The predicted molar refractivity (Wildman–Crippen MR) is 107 cm³/mol. The van der Waals surface area contributed by atoms with Gasteiger partial charge in [-0.25, -0.2) is 14.2 Å². The van der Waals surface area contributed by atoms with E-state index in [0.717, 1.165) is 49.4 Å². The number of rotatable bonds is 4. The Morgan fingerprint density at radius 1 is 1.14 bits per heavy atom. The van der Waals surface area contributed by atoms with E-state index < -0.39 is 0 Å². The minimum absolute atomic E-state index is 0.0490. The Morgan fingerprint density at radius 3 is 2.61 bits per heavy atom. The van der Waals surface area contributed by atoms with Crippen LogP contribution in [0.4, 0.5) is 9.18 Å². The number of aryl methyl sites for hydroxylation is 1. The molecule has 0 saturated carbocycles. The molecule has 1 aliphatic rings. The minimum Gasteiger partial charge on any atom is -0.334 e. The molecule has 1 aliphatic heterocycles. The van der Waals surface area contributed by atoms with E-state index in [4.69, 9.17) is 0 Å². The van der Waals surface area contributed by atoms with Crippen LogP contribution in [0.25, 0.3) is 11.0 Å². The fourth-order valence-electron chi connectivity index (χ4n) is 3.89. The van der Waals surface area contributed by atoms with Crippen LogP contribution in [0.3, 0.4) is 0 Å². The van der Waals surface area contributed by atoms with Crippen molar-refractivity contribution in [2.45, 2.75) is 32.9 Å². The van der Waals surface area contributed by atoms with Crippen LogP contribution in [0.2, 0.25) is 0 Å². The first-order valence-electron chi connectivity index (χ1n) is 9.79. The number of carbonyl (C=O) groups is 1. The lowest BCUT2D eigenvalue weighted by Gasteiger charge is -2.32. The molecule has 4 rings (SSSR count). The van der Waals surface area contributed by atoms with Gasteiger partial charge < -0.3 is 14.8 Å². The molecule has 0 spiro atoms. The van der Waals surface area contributed by atoms with Crippen LogP contribution >= 0.6 is 0 Å². The standard InChI is InChI=1S/C22H25FN4O/c1-16-25-20-4-2-3-5-21(20)27(16)15-18-10-12-26(13-11-18)22(28)24-14-17-6-8-19(23)9-7-17/h2-9,18H,10-15H2,1H3,(H,24,28). The maximum atomic E-state index is 13.0. The number of hydrogen-bond donors (Lipinski definition) is 1. The van der Waals surface area contributed by atoms with Crippen LogP contribution in [0.15, 0.2) is 48.5 Å². The monoisotopic (exact) mass is 380 g/mol. The quantitative estimate of drug-likeness (QED) is 0.741. The average molecular weight is 380 g/mol. The van der Waals surface area contributed by atoms with Crippen molar-refractivity contribution in [3.8, 4) is 0 Å². The predicted octanol–water partition coefficient (Wildman–Crippen LogP) is 4.11. The van der Waals surface area contributed by atoms with Crippen LogP contribution in [0.5, 0.6) is 0 Å². The van der Waals surface area contributed by atoms with Gasteiger partial charge in [-0.3, -0.25) is 0 Å². The number of aromatic nitrogens is 2. The summed E-state index contributed by atoms with van der Waals surface area (Å²) in [4.78, 5) is 18.9. The lowest BCUT2D eigenvalue weighted by atomic mass is 9.97. The molecule has 0 aliphatic carbocycles. The lowest BCUT2D eigenvalue weighted by molar-refractivity contribution is 0.165. The fraction of sp³-hybridized carbons (Fsp3) is 0.364. The van der Waals surface area contributed by atoms with Crippen LogP contribution < -0.4 is 5.32 Å². The molecule has 146 valence electrons. The molecule has 2 aromatic carbocycles. The van der Waals surface area contributed by atoms with Crippen LogP contribution in [-0.4, -0.2) is 33.6 Å². The minimum atomic E-state index is -0.266. The molecular formula is C22H25FN4O. The van der Waals surface area contributed by atoms with Gasteiger partial charge in [0.1, 0.15) is 11.6 Å². The molecular weight excluding hydrogens is 355 g/mol. The summed E-state index contributed by atoms with van der Waals surface area (Å²) in [7, 11) is 0. The van der Waals surface area contributed by atoms with Gasteiger partial charge in [-0.2, -0.15) is 0 Å². The number of nitrogens with zero attached hydrogens (tertiary/aromatic N) is 3. The van der Waals surface area contributed by atoms with E-state index in [9.17, 15) is 9.18 Å². The number of fused-ring (bicyclic) bond motifs is 1. The maximum Gasteiger partial charge on any atom is 0.317 e. The van der Waals surface area contributed by atoms with E-state index in [1.807, 2.05) is 23.1 Å². The van der Waals surface area contributed by atoms with Gasteiger partial charge >= 0.3 is 6.03 Å². The van der Waals surface area contributed by atoms with Crippen LogP contribution in [0, 0.1) is 18.7 Å². The smallest absolute Gasteiger partial charge is 0.317 e. The Hall–Kier alpha value is -2.89. The van der Waals surface area contributed by atoms with Crippen molar-refractivity contribution in [2.24, 2.45) is 5.92 Å². The first-order chi connectivity index (χ1) is 13.6. The van der Waals surface area contributed by atoms with Gasteiger partial charge in [0.05, 0.1) is 11.0 Å². The molecule has 1 N–H and O–H groups in total. The number of urea groups is 1. The summed E-state index contributed by atoms with van der Waals surface area (Å²) in [5, 5.41) is 2.93. The number of likely N-dealkylation sites (tertiary alicyclic amines) is 1. The van der Waals surface area contributed by atoms with Crippen molar-refractivity contribution in [2.75, 3.05) is 13.1 Å². The Labute approximate surface area is 164 Å². The molecule has 0 bridgehead atoms. The van der Waals surface area contributed by atoms with Crippen LogP contribution in [0.1, 0.15) is 24.2 Å². The third-order valence-electron chi connectivity index (χ3n) is 5.54. The average Bonchev–Trinajstić information content (AvgIpc) is 3.03. The van der Waals surface area contributed by atoms with E-state index in [1.165, 1.54) is 17.6 Å². The molecule has 1 aromatic heterocycles. The number of para-hydroxylation sites is 2. The molecule has 1 fully saturated rings. The lowest BCUT2D eigenvalue weighted by Crippen LogP contribution is -2.44. The SMILES string of the molecule is Cc1nc2ccccc2n1CC1CCN(C(=O)NCc2ccc(F)cc2)CC1. The number of piperidine rings is 1. The second kappa shape index (κ2) is 8.00.